The Kier molecular flexibility index (Phi) is 7.56. The molecule has 2 amide bonds. The fourth-order valence-corrected chi connectivity index (χ4v) is 10.1. The number of hydrogen-bond acceptors (Lipinski definition) is 5. The molecule has 4 aliphatic carbocycles. The van der Waals surface area contributed by atoms with Gasteiger partial charge in [-0.25, -0.2) is 4.98 Å². The summed E-state index contributed by atoms with van der Waals surface area (Å²) in [5.41, 5.74) is 2.59. The van der Waals surface area contributed by atoms with E-state index in [-0.39, 0.29) is 17.9 Å². The molecule has 7 nitrogen and oxygen atoms in total. The van der Waals surface area contributed by atoms with Crippen molar-refractivity contribution in [3.8, 4) is 0 Å². The second-order valence-corrected chi connectivity index (χ2v) is 14.2. The summed E-state index contributed by atoms with van der Waals surface area (Å²) in [6.45, 7) is 9.79. The van der Waals surface area contributed by atoms with Gasteiger partial charge in [0.05, 0.1) is 12.3 Å². The smallest absolute Gasteiger partial charge is 0.274 e. The first-order valence-electron chi connectivity index (χ1n) is 15.9. The number of rotatable bonds is 5. The zero-order chi connectivity index (χ0) is 28.1. The second kappa shape index (κ2) is 10.8. The standard InChI is InChI=1S/C33H48N4O3/c1-22(4-9-30(39)36-16-18-37(19-17-36)31(40)29-21-34-14-15-35-29)26-7-8-27-25-6-5-23-20-24(38)10-12-32(23,2)28(25)11-13-33(26,27)3/h5,14-15,21-22,24-28,38H,4,6-13,16-20H2,1-3H3/t22-,24+,25+,26-,27+,28+,32+,33-/m1/s1. The zero-order valence-corrected chi connectivity index (χ0v) is 24.7. The van der Waals surface area contributed by atoms with Crippen LogP contribution in [0.25, 0.3) is 0 Å². The number of aliphatic hydroxyl groups excluding tert-OH is 1. The highest BCUT2D eigenvalue weighted by molar-refractivity contribution is 5.92. The van der Waals surface area contributed by atoms with Crippen molar-refractivity contribution in [2.45, 2.75) is 91.1 Å². The van der Waals surface area contributed by atoms with E-state index in [2.05, 4.69) is 36.8 Å². The molecule has 0 radical (unpaired) electrons. The van der Waals surface area contributed by atoms with Gasteiger partial charge in [0.15, 0.2) is 0 Å². The molecule has 40 heavy (non-hydrogen) atoms. The number of fused-ring (bicyclic) bond motifs is 5. The van der Waals surface area contributed by atoms with Crippen LogP contribution in [0.15, 0.2) is 30.2 Å². The van der Waals surface area contributed by atoms with Crippen LogP contribution in [0.2, 0.25) is 0 Å². The molecule has 1 aromatic rings. The van der Waals surface area contributed by atoms with Crippen molar-refractivity contribution in [3.63, 3.8) is 0 Å². The van der Waals surface area contributed by atoms with Gasteiger partial charge in [0.25, 0.3) is 5.91 Å². The van der Waals surface area contributed by atoms with E-state index >= 15 is 0 Å². The van der Waals surface area contributed by atoms with Gasteiger partial charge < -0.3 is 14.9 Å². The Morgan fingerprint density at radius 2 is 1.80 bits per heavy atom. The fraction of sp³-hybridized carbons (Fsp3) is 0.758. The molecular weight excluding hydrogens is 500 g/mol. The summed E-state index contributed by atoms with van der Waals surface area (Å²) < 4.78 is 0. The number of aliphatic hydroxyl groups is 1. The summed E-state index contributed by atoms with van der Waals surface area (Å²) in [6, 6.07) is 0. The van der Waals surface area contributed by atoms with Crippen molar-refractivity contribution in [2.75, 3.05) is 26.2 Å². The lowest BCUT2D eigenvalue weighted by Gasteiger charge is -2.58. The molecule has 0 aromatic carbocycles. The molecule has 7 heteroatoms. The SMILES string of the molecule is C[C@H](CCC(=O)N1CCN(C(=O)c2cnccn2)CC1)[C@H]1CC[C@H]2[C@@H]3CC=C4C[C@@H](O)CC[C@]4(C)[C@H]3CC[C@]12C. The van der Waals surface area contributed by atoms with Crippen LogP contribution in [0.5, 0.6) is 0 Å². The van der Waals surface area contributed by atoms with Gasteiger partial charge >= 0.3 is 0 Å². The number of amides is 2. The molecule has 0 unspecified atom stereocenters. The highest BCUT2D eigenvalue weighted by atomic mass is 16.3. The third-order valence-electron chi connectivity index (χ3n) is 12.4. The molecule has 3 saturated carbocycles. The Morgan fingerprint density at radius 1 is 1.02 bits per heavy atom. The normalized spacial score (nSPS) is 38.1. The lowest BCUT2D eigenvalue weighted by atomic mass is 9.47. The van der Waals surface area contributed by atoms with Gasteiger partial charge in [0.2, 0.25) is 5.91 Å². The summed E-state index contributed by atoms with van der Waals surface area (Å²) in [5.74, 6) is 3.71. The minimum atomic E-state index is -0.139. The molecule has 6 rings (SSSR count). The zero-order valence-electron chi connectivity index (χ0n) is 24.7. The van der Waals surface area contributed by atoms with Crippen molar-refractivity contribution in [3.05, 3.63) is 35.9 Å². The molecule has 0 spiro atoms. The molecule has 1 N–H and O–H groups in total. The maximum Gasteiger partial charge on any atom is 0.274 e. The maximum absolute atomic E-state index is 13.2. The third-order valence-corrected chi connectivity index (χ3v) is 12.4. The van der Waals surface area contributed by atoms with Crippen LogP contribution in [0.3, 0.4) is 0 Å². The summed E-state index contributed by atoms with van der Waals surface area (Å²) in [6.07, 6.45) is 18.0. The highest BCUT2D eigenvalue weighted by Crippen LogP contribution is 2.67. The predicted molar refractivity (Wildman–Crippen MR) is 154 cm³/mol. The Balaban J connectivity index is 1.02. The van der Waals surface area contributed by atoms with E-state index < -0.39 is 0 Å². The molecule has 218 valence electrons. The number of allylic oxidation sites excluding steroid dienone is 1. The third kappa shape index (κ3) is 4.80. The number of aromatic nitrogens is 2. The lowest BCUT2D eigenvalue weighted by Crippen LogP contribution is -2.51. The average Bonchev–Trinajstić information content (AvgIpc) is 3.33. The first-order chi connectivity index (χ1) is 19.2. The van der Waals surface area contributed by atoms with Crippen LogP contribution < -0.4 is 0 Å². The van der Waals surface area contributed by atoms with Crippen LogP contribution in [0, 0.1) is 40.4 Å². The molecule has 0 bridgehead atoms. The van der Waals surface area contributed by atoms with Gasteiger partial charge in [-0.15, -0.1) is 0 Å². The van der Waals surface area contributed by atoms with E-state index in [1.54, 1.807) is 16.7 Å². The molecule has 8 atom stereocenters. The average molecular weight is 549 g/mol. The first kappa shape index (κ1) is 27.9. The minimum absolute atomic E-state index is 0.104. The molecule has 4 fully saturated rings. The van der Waals surface area contributed by atoms with Crippen LogP contribution in [0.1, 0.15) is 95.5 Å². The molecular formula is C33H48N4O3. The Bertz CT molecular complexity index is 1130. The largest absolute Gasteiger partial charge is 0.393 e. The summed E-state index contributed by atoms with van der Waals surface area (Å²) in [7, 11) is 0. The number of nitrogens with zero attached hydrogens (tertiary/aromatic N) is 4. The molecule has 5 aliphatic rings. The van der Waals surface area contributed by atoms with Gasteiger partial charge in [-0.3, -0.25) is 14.6 Å². The predicted octanol–water partition coefficient (Wildman–Crippen LogP) is 5.12. The summed E-state index contributed by atoms with van der Waals surface area (Å²) >= 11 is 0. The van der Waals surface area contributed by atoms with Crippen LogP contribution in [-0.4, -0.2) is 69.0 Å². The molecule has 1 aromatic heterocycles. The van der Waals surface area contributed by atoms with Gasteiger partial charge in [-0.05, 0) is 98.2 Å². The molecule has 1 aliphatic heterocycles. The quantitative estimate of drug-likeness (QED) is 0.517. The first-order valence-corrected chi connectivity index (χ1v) is 15.9. The summed E-state index contributed by atoms with van der Waals surface area (Å²) in [4.78, 5) is 37.7. The van der Waals surface area contributed by atoms with Crippen LogP contribution >= 0.6 is 0 Å². The summed E-state index contributed by atoms with van der Waals surface area (Å²) in [5, 5.41) is 10.3. The van der Waals surface area contributed by atoms with E-state index in [0.717, 1.165) is 43.4 Å². The number of hydrogen-bond donors (Lipinski definition) is 1. The lowest BCUT2D eigenvalue weighted by molar-refractivity contribution is -0.133. The van der Waals surface area contributed by atoms with Crippen molar-refractivity contribution < 1.29 is 14.7 Å². The van der Waals surface area contributed by atoms with Crippen LogP contribution in [0.4, 0.5) is 0 Å². The van der Waals surface area contributed by atoms with E-state index in [1.807, 2.05) is 4.90 Å². The Hall–Kier alpha value is -2.28. The monoisotopic (exact) mass is 548 g/mol. The number of carbonyl (C=O) groups is 2. The van der Waals surface area contributed by atoms with Crippen molar-refractivity contribution in [1.29, 1.82) is 0 Å². The van der Waals surface area contributed by atoms with E-state index in [4.69, 9.17) is 0 Å². The van der Waals surface area contributed by atoms with Gasteiger partial charge in [-0.2, -0.15) is 0 Å². The van der Waals surface area contributed by atoms with Gasteiger partial charge in [0, 0.05) is 45.0 Å². The number of carbonyl (C=O) groups excluding carboxylic acids is 2. The van der Waals surface area contributed by atoms with E-state index in [1.165, 1.54) is 44.5 Å². The van der Waals surface area contributed by atoms with Crippen molar-refractivity contribution in [2.24, 2.45) is 40.4 Å². The van der Waals surface area contributed by atoms with Crippen LogP contribution in [-0.2, 0) is 4.79 Å². The molecule has 2 heterocycles. The van der Waals surface area contributed by atoms with Gasteiger partial charge in [0.1, 0.15) is 5.69 Å². The topological polar surface area (TPSA) is 86.6 Å². The van der Waals surface area contributed by atoms with E-state index in [0.29, 0.717) is 61.0 Å². The van der Waals surface area contributed by atoms with E-state index in [9.17, 15) is 14.7 Å². The van der Waals surface area contributed by atoms with Gasteiger partial charge in [-0.1, -0.05) is 32.4 Å². The molecule has 1 saturated heterocycles. The fourth-order valence-electron chi connectivity index (χ4n) is 10.1. The Labute approximate surface area is 239 Å². The van der Waals surface area contributed by atoms with Crippen molar-refractivity contribution in [1.82, 2.24) is 19.8 Å². The number of piperazine rings is 1. The minimum Gasteiger partial charge on any atom is -0.393 e. The van der Waals surface area contributed by atoms with Crippen molar-refractivity contribution >= 4 is 11.8 Å². The second-order valence-electron chi connectivity index (χ2n) is 14.2. The Morgan fingerprint density at radius 3 is 2.55 bits per heavy atom. The highest BCUT2D eigenvalue weighted by Gasteiger charge is 2.59. The maximum atomic E-state index is 13.2.